The monoisotopic (exact) mass is 292 g/mol. The number of nitrogens with zero attached hydrogens (tertiary/aromatic N) is 1. The van der Waals surface area contributed by atoms with E-state index in [2.05, 4.69) is 4.74 Å². The molecule has 0 spiro atoms. The average Bonchev–Trinajstić information content (AvgIpc) is 2.33. The summed E-state index contributed by atoms with van der Waals surface area (Å²) in [6.45, 7) is -1.08. The molecule has 1 atom stereocenters. The molecule has 0 bridgehead atoms. The van der Waals surface area contributed by atoms with Crippen molar-refractivity contribution in [3.63, 3.8) is 0 Å². The minimum absolute atomic E-state index is 0.113. The number of nitro groups is 1. The summed E-state index contributed by atoms with van der Waals surface area (Å²) in [5.41, 5.74) is -0.617. The Labute approximate surface area is 110 Å². The Morgan fingerprint density at radius 2 is 2.21 bits per heavy atom. The zero-order valence-corrected chi connectivity index (χ0v) is 9.99. The Kier molecular flexibility index (Phi) is 3.27. The Morgan fingerprint density at radius 3 is 2.84 bits per heavy atom. The van der Waals surface area contributed by atoms with Gasteiger partial charge in [0.25, 0.3) is 5.69 Å². The highest BCUT2D eigenvalue weighted by Crippen LogP contribution is 2.37. The summed E-state index contributed by atoms with van der Waals surface area (Å²) in [6, 6.07) is 1.54. The van der Waals surface area contributed by atoms with Crippen LogP contribution < -0.4 is 5.32 Å². The molecule has 1 saturated heterocycles. The lowest BCUT2D eigenvalue weighted by Gasteiger charge is -2.31. The van der Waals surface area contributed by atoms with Gasteiger partial charge in [0.2, 0.25) is 0 Å². The molecule has 102 valence electrons. The minimum atomic E-state index is -3.37. The number of hydrogen-bond acceptors (Lipinski definition) is 4. The van der Waals surface area contributed by atoms with Crippen LogP contribution in [-0.4, -0.2) is 23.5 Å². The van der Waals surface area contributed by atoms with E-state index >= 15 is 0 Å². The summed E-state index contributed by atoms with van der Waals surface area (Å²) in [7, 11) is 0. The summed E-state index contributed by atoms with van der Waals surface area (Å²) < 4.78 is 31.4. The number of alkyl halides is 2. The number of alkyl carbamates (subject to hydrolysis) is 1. The Morgan fingerprint density at radius 1 is 1.53 bits per heavy atom. The molecule has 2 rings (SSSR count). The van der Waals surface area contributed by atoms with E-state index < -0.39 is 35.3 Å². The molecule has 0 saturated carbocycles. The van der Waals surface area contributed by atoms with Crippen molar-refractivity contribution < 1.29 is 23.2 Å². The van der Waals surface area contributed by atoms with Crippen molar-refractivity contribution in [2.45, 2.75) is 12.0 Å². The molecule has 1 aromatic carbocycles. The van der Waals surface area contributed by atoms with Crippen molar-refractivity contribution in [1.82, 2.24) is 5.32 Å². The highest BCUT2D eigenvalue weighted by molar-refractivity contribution is 6.32. The molecule has 0 unspecified atom stereocenters. The SMILES string of the molecule is O=C1N[C@H](c2ccc(Cl)c([N+](=O)[O-])c2)C(F)(F)CO1. The van der Waals surface area contributed by atoms with Crippen LogP contribution >= 0.6 is 11.6 Å². The number of nitro benzene ring substituents is 1. The predicted octanol–water partition coefficient (Wildman–Crippen LogP) is 2.66. The van der Waals surface area contributed by atoms with Crippen molar-refractivity contribution in [3.05, 3.63) is 38.9 Å². The molecular formula is C10H7ClF2N2O4. The standard InChI is InChI=1S/C10H7ClF2N2O4/c11-6-2-1-5(3-7(6)15(17)18)8-10(12,13)4-19-9(16)14-8/h1-3,8H,4H2,(H,14,16)/t8-/m1/s1. The molecule has 1 fully saturated rings. The van der Waals surface area contributed by atoms with Crippen LogP contribution in [0.25, 0.3) is 0 Å². The van der Waals surface area contributed by atoms with E-state index in [0.29, 0.717) is 0 Å². The second kappa shape index (κ2) is 4.61. The lowest BCUT2D eigenvalue weighted by Crippen LogP contribution is -2.49. The summed E-state index contributed by atoms with van der Waals surface area (Å²) in [4.78, 5) is 20.9. The summed E-state index contributed by atoms with van der Waals surface area (Å²) >= 11 is 5.59. The van der Waals surface area contributed by atoms with Crippen molar-refractivity contribution >= 4 is 23.4 Å². The molecule has 19 heavy (non-hydrogen) atoms. The number of nitrogens with one attached hydrogen (secondary N) is 1. The van der Waals surface area contributed by atoms with Gasteiger partial charge >= 0.3 is 12.0 Å². The van der Waals surface area contributed by atoms with Gasteiger partial charge in [0, 0.05) is 6.07 Å². The number of ether oxygens (including phenoxy) is 1. The molecule has 1 amide bonds. The topological polar surface area (TPSA) is 81.5 Å². The van der Waals surface area contributed by atoms with Crippen LogP contribution in [0.5, 0.6) is 0 Å². The lowest BCUT2D eigenvalue weighted by atomic mass is 9.99. The number of halogens is 3. The van der Waals surface area contributed by atoms with Crippen molar-refractivity contribution in [3.8, 4) is 0 Å². The van der Waals surface area contributed by atoms with Crippen molar-refractivity contribution in [2.75, 3.05) is 6.61 Å². The molecule has 1 aliphatic heterocycles. The van der Waals surface area contributed by atoms with Gasteiger partial charge in [-0.05, 0) is 11.6 Å². The first kappa shape index (κ1) is 13.5. The Bertz CT molecular complexity index is 552. The maximum atomic E-state index is 13.6. The van der Waals surface area contributed by atoms with Crippen LogP contribution in [0.3, 0.4) is 0 Å². The largest absolute Gasteiger partial charge is 0.443 e. The van der Waals surface area contributed by atoms with Crippen molar-refractivity contribution in [1.29, 1.82) is 0 Å². The van der Waals surface area contributed by atoms with Gasteiger partial charge in [0.15, 0.2) is 6.61 Å². The van der Waals surface area contributed by atoms with Crippen LogP contribution in [0.1, 0.15) is 11.6 Å². The second-order valence-corrected chi connectivity index (χ2v) is 4.29. The van der Waals surface area contributed by atoms with Gasteiger partial charge in [-0.25, -0.2) is 13.6 Å². The third-order valence-electron chi connectivity index (χ3n) is 2.58. The summed E-state index contributed by atoms with van der Waals surface area (Å²) in [5, 5.41) is 12.5. The van der Waals surface area contributed by atoms with E-state index in [1.807, 2.05) is 5.32 Å². The fourth-order valence-electron chi connectivity index (χ4n) is 1.69. The predicted molar refractivity (Wildman–Crippen MR) is 60.3 cm³/mol. The lowest BCUT2D eigenvalue weighted by molar-refractivity contribution is -0.384. The van der Waals surface area contributed by atoms with Crippen LogP contribution in [0, 0.1) is 10.1 Å². The van der Waals surface area contributed by atoms with Crippen LogP contribution in [-0.2, 0) is 4.74 Å². The first-order chi connectivity index (χ1) is 8.81. The number of cyclic esters (lactones) is 1. The van der Waals surface area contributed by atoms with Gasteiger partial charge in [-0.1, -0.05) is 17.7 Å². The van der Waals surface area contributed by atoms with E-state index in [0.717, 1.165) is 12.1 Å². The normalized spacial score (nSPS) is 21.4. The van der Waals surface area contributed by atoms with Crippen LogP contribution in [0.15, 0.2) is 18.2 Å². The maximum Gasteiger partial charge on any atom is 0.408 e. The molecule has 1 aliphatic rings. The summed E-state index contributed by atoms with van der Waals surface area (Å²) in [5.74, 6) is -3.37. The molecule has 1 N–H and O–H groups in total. The highest BCUT2D eigenvalue weighted by Gasteiger charge is 2.47. The third-order valence-corrected chi connectivity index (χ3v) is 2.90. The van der Waals surface area contributed by atoms with Crippen LogP contribution in [0.4, 0.5) is 19.3 Å². The fraction of sp³-hybridized carbons (Fsp3) is 0.300. The van der Waals surface area contributed by atoms with E-state index in [-0.39, 0.29) is 10.6 Å². The molecular weight excluding hydrogens is 286 g/mol. The van der Waals surface area contributed by atoms with Crippen molar-refractivity contribution in [2.24, 2.45) is 0 Å². The quantitative estimate of drug-likeness (QED) is 0.671. The molecule has 0 aliphatic carbocycles. The maximum absolute atomic E-state index is 13.6. The first-order valence-electron chi connectivity index (χ1n) is 5.06. The first-order valence-corrected chi connectivity index (χ1v) is 5.44. The number of carbonyl (C=O) groups excluding carboxylic acids is 1. The van der Waals surface area contributed by atoms with E-state index in [9.17, 15) is 23.7 Å². The van der Waals surface area contributed by atoms with Gasteiger partial charge in [0.1, 0.15) is 11.1 Å². The Hall–Kier alpha value is -1.96. The average molecular weight is 293 g/mol. The Balaban J connectivity index is 2.42. The number of benzene rings is 1. The van der Waals surface area contributed by atoms with Gasteiger partial charge in [-0.3, -0.25) is 10.1 Å². The number of hydrogen-bond donors (Lipinski definition) is 1. The zero-order chi connectivity index (χ0) is 14.2. The molecule has 6 nitrogen and oxygen atoms in total. The number of amides is 1. The number of rotatable bonds is 2. The van der Waals surface area contributed by atoms with Gasteiger partial charge in [-0.15, -0.1) is 0 Å². The summed E-state index contributed by atoms with van der Waals surface area (Å²) in [6.07, 6.45) is -1.01. The smallest absolute Gasteiger partial charge is 0.408 e. The third kappa shape index (κ3) is 2.58. The van der Waals surface area contributed by atoms with Gasteiger partial charge in [-0.2, -0.15) is 0 Å². The second-order valence-electron chi connectivity index (χ2n) is 3.88. The minimum Gasteiger partial charge on any atom is -0.443 e. The molecule has 1 heterocycles. The van der Waals surface area contributed by atoms with E-state index in [1.165, 1.54) is 6.07 Å². The zero-order valence-electron chi connectivity index (χ0n) is 9.23. The van der Waals surface area contributed by atoms with E-state index in [1.54, 1.807) is 0 Å². The number of carbonyl (C=O) groups is 1. The van der Waals surface area contributed by atoms with Gasteiger partial charge < -0.3 is 10.1 Å². The van der Waals surface area contributed by atoms with E-state index in [4.69, 9.17) is 11.6 Å². The molecule has 9 heteroatoms. The fourth-order valence-corrected chi connectivity index (χ4v) is 1.87. The molecule has 0 aromatic heterocycles. The highest BCUT2D eigenvalue weighted by atomic mass is 35.5. The van der Waals surface area contributed by atoms with Crippen LogP contribution in [0.2, 0.25) is 5.02 Å². The van der Waals surface area contributed by atoms with Gasteiger partial charge in [0.05, 0.1) is 4.92 Å². The molecule has 0 radical (unpaired) electrons. The molecule has 1 aromatic rings.